The largest absolute Gasteiger partial charge is 0.355 e. The van der Waals surface area contributed by atoms with Crippen molar-refractivity contribution in [3.8, 4) is 6.07 Å². The van der Waals surface area contributed by atoms with Crippen LogP contribution in [0.3, 0.4) is 0 Å². The van der Waals surface area contributed by atoms with E-state index in [0.29, 0.717) is 19.5 Å². The lowest BCUT2D eigenvalue weighted by Gasteiger charge is -2.23. The maximum absolute atomic E-state index is 11.0. The molecular formula is C9H15N3O. The van der Waals surface area contributed by atoms with Crippen LogP contribution in [0.1, 0.15) is 19.8 Å². The fraction of sp³-hybridized carbons (Fsp3) is 0.778. The molecule has 0 saturated carbocycles. The molecule has 0 spiro atoms. The van der Waals surface area contributed by atoms with E-state index in [1.165, 1.54) is 0 Å². The van der Waals surface area contributed by atoms with Crippen LogP contribution in [0.25, 0.3) is 0 Å². The zero-order valence-electron chi connectivity index (χ0n) is 7.92. The van der Waals surface area contributed by atoms with Gasteiger partial charge in [-0.2, -0.15) is 5.26 Å². The molecule has 1 unspecified atom stereocenters. The summed E-state index contributed by atoms with van der Waals surface area (Å²) < 4.78 is 0. The van der Waals surface area contributed by atoms with Crippen LogP contribution in [-0.4, -0.2) is 36.5 Å². The summed E-state index contributed by atoms with van der Waals surface area (Å²) in [4.78, 5) is 13.1. The Morgan fingerprint density at radius 1 is 1.69 bits per heavy atom. The second-order valence-corrected chi connectivity index (χ2v) is 3.19. The number of nitriles is 1. The standard InChI is InChI=1S/C9H15N3O/c1-2-8(7-10)12-5-3-9(13)11-4-6-12/h8H,2-6H2,1H3,(H,11,13). The molecular weight excluding hydrogens is 166 g/mol. The molecule has 0 aromatic carbocycles. The lowest BCUT2D eigenvalue weighted by atomic mass is 10.2. The number of hydrogen-bond donors (Lipinski definition) is 1. The highest BCUT2D eigenvalue weighted by molar-refractivity contribution is 5.76. The Bertz CT molecular complexity index is 221. The van der Waals surface area contributed by atoms with Gasteiger partial charge in [-0.1, -0.05) is 6.92 Å². The molecule has 0 bridgehead atoms. The highest BCUT2D eigenvalue weighted by Crippen LogP contribution is 2.05. The van der Waals surface area contributed by atoms with Crippen molar-refractivity contribution in [3.63, 3.8) is 0 Å². The molecule has 4 heteroatoms. The van der Waals surface area contributed by atoms with Gasteiger partial charge < -0.3 is 5.32 Å². The van der Waals surface area contributed by atoms with Gasteiger partial charge in [0.1, 0.15) is 0 Å². The van der Waals surface area contributed by atoms with Crippen LogP contribution in [0.2, 0.25) is 0 Å². The molecule has 13 heavy (non-hydrogen) atoms. The van der Waals surface area contributed by atoms with Crippen molar-refractivity contribution in [1.82, 2.24) is 10.2 Å². The molecule has 0 aliphatic carbocycles. The van der Waals surface area contributed by atoms with Crippen molar-refractivity contribution in [1.29, 1.82) is 5.26 Å². The minimum atomic E-state index is -0.0345. The zero-order chi connectivity index (χ0) is 9.68. The predicted octanol–water partition coefficient (Wildman–Crippen LogP) is 0.110. The third-order valence-corrected chi connectivity index (χ3v) is 2.32. The highest BCUT2D eigenvalue weighted by Gasteiger charge is 2.19. The molecule has 72 valence electrons. The molecule has 1 fully saturated rings. The van der Waals surface area contributed by atoms with Gasteiger partial charge in [0.05, 0.1) is 12.1 Å². The summed E-state index contributed by atoms with van der Waals surface area (Å²) >= 11 is 0. The Labute approximate surface area is 78.5 Å². The summed E-state index contributed by atoms with van der Waals surface area (Å²) in [5, 5.41) is 11.6. The van der Waals surface area contributed by atoms with Crippen LogP contribution >= 0.6 is 0 Å². The number of rotatable bonds is 2. The molecule has 1 rings (SSSR count). The molecule has 1 aliphatic rings. The Morgan fingerprint density at radius 3 is 3.08 bits per heavy atom. The van der Waals surface area contributed by atoms with E-state index in [0.717, 1.165) is 13.0 Å². The van der Waals surface area contributed by atoms with Crippen molar-refractivity contribution in [2.24, 2.45) is 0 Å². The molecule has 1 atom stereocenters. The average molecular weight is 181 g/mol. The SMILES string of the molecule is CCC(C#N)N1CCNC(=O)CC1. The molecule has 1 N–H and O–H groups in total. The summed E-state index contributed by atoms with van der Waals surface area (Å²) in [6, 6.07) is 2.22. The Balaban J connectivity index is 2.50. The molecule has 0 aromatic heterocycles. The average Bonchev–Trinajstić information content (AvgIpc) is 2.34. The fourth-order valence-electron chi connectivity index (χ4n) is 1.53. The number of hydrogen-bond acceptors (Lipinski definition) is 3. The molecule has 1 saturated heterocycles. The van der Waals surface area contributed by atoms with E-state index >= 15 is 0 Å². The van der Waals surface area contributed by atoms with E-state index < -0.39 is 0 Å². The van der Waals surface area contributed by atoms with Crippen molar-refractivity contribution in [2.45, 2.75) is 25.8 Å². The van der Waals surface area contributed by atoms with E-state index in [9.17, 15) is 4.79 Å². The number of nitrogens with zero attached hydrogens (tertiary/aromatic N) is 2. The van der Waals surface area contributed by atoms with E-state index in [1.54, 1.807) is 0 Å². The van der Waals surface area contributed by atoms with Gasteiger partial charge in [0, 0.05) is 26.1 Å². The monoisotopic (exact) mass is 181 g/mol. The third kappa shape index (κ3) is 2.71. The first-order chi connectivity index (χ1) is 6.27. The van der Waals surface area contributed by atoms with E-state index in [1.807, 2.05) is 6.92 Å². The van der Waals surface area contributed by atoms with Crippen LogP contribution in [0.4, 0.5) is 0 Å². The van der Waals surface area contributed by atoms with Gasteiger partial charge >= 0.3 is 0 Å². The van der Waals surface area contributed by atoms with Crippen molar-refractivity contribution in [3.05, 3.63) is 0 Å². The number of nitrogens with one attached hydrogen (secondary N) is 1. The minimum Gasteiger partial charge on any atom is -0.355 e. The van der Waals surface area contributed by atoms with Crippen LogP contribution in [-0.2, 0) is 4.79 Å². The second-order valence-electron chi connectivity index (χ2n) is 3.19. The predicted molar refractivity (Wildman–Crippen MR) is 48.9 cm³/mol. The second kappa shape index (κ2) is 4.83. The van der Waals surface area contributed by atoms with Gasteiger partial charge in [0.2, 0.25) is 5.91 Å². The smallest absolute Gasteiger partial charge is 0.221 e. The fourth-order valence-corrected chi connectivity index (χ4v) is 1.53. The van der Waals surface area contributed by atoms with Gasteiger partial charge in [0.25, 0.3) is 0 Å². The van der Waals surface area contributed by atoms with Crippen LogP contribution in [0.5, 0.6) is 0 Å². The summed E-state index contributed by atoms with van der Waals surface area (Å²) in [6.07, 6.45) is 1.34. The number of carbonyl (C=O) groups is 1. The van der Waals surface area contributed by atoms with Gasteiger partial charge in [-0.25, -0.2) is 0 Å². The van der Waals surface area contributed by atoms with Gasteiger partial charge in [-0.15, -0.1) is 0 Å². The third-order valence-electron chi connectivity index (χ3n) is 2.32. The van der Waals surface area contributed by atoms with Crippen molar-refractivity contribution in [2.75, 3.05) is 19.6 Å². The van der Waals surface area contributed by atoms with Gasteiger partial charge in [0.15, 0.2) is 0 Å². The maximum atomic E-state index is 11.0. The Kier molecular flexibility index (Phi) is 3.71. The van der Waals surface area contributed by atoms with Crippen molar-refractivity contribution >= 4 is 5.91 Å². The molecule has 4 nitrogen and oxygen atoms in total. The quantitative estimate of drug-likeness (QED) is 0.658. The molecule has 1 amide bonds. The van der Waals surface area contributed by atoms with Crippen molar-refractivity contribution < 1.29 is 4.79 Å². The van der Waals surface area contributed by atoms with Crippen LogP contribution in [0, 0.1) is 11.3 Å². The minimum absolute atomic E-state index is 0.0345. The summed E-state index contributed by atoms with van der Waals surface area (Å²) in [7, 11) is 0. The normalized spacial score (nSPS) is 21.4. The zero-order valence-corrected chi connectivity index (χ0v) is 7.92. The summed E-state index contributed by atoms with van der Waals surface area (Å²) in [5.74, 6) is 0.0929. The first-order valence-electron chi connectivity index (χ1n) is 4.68. The summed E-state index contributed by atoms with van der Waals surface area (Å²) in [6.45, 7) is 4.15. The highest BCUT2D eigenvalue weighted by atomic mass is 16.1. The first kappa shape index (κ1) is 10.0. The Hall–Kier alpha value is -1.08. The Morgan fingerprint density at radius 2 is 2.46 bits per heavy atom. The molecule has 0 aromatic rings. The number of amides is 1. The number of carbonyl (C=O) groups excluding carboxylic acids is 1. The maximum Gasteiger partial charge on any atom is 0.221 e. The van der Waals surface area contributed by atoms with Gasteiger partial charge in [-0.05, 0) is 6.42 Å². The molecule has 1 heterocycles. The van der Waals surface area contributed by atoms with Crippen LogP contribution in [0.15, 0.2) is 0 Å². The first-order valence-corrected chi connectivity index (χ1v) is 4.68. The van der Waals surface area contributed by atoms with E-state index in [4.69, 9.17) is 5.26 Å². The van der Waals surface area contributed by atoms with Crippen LogP contribution < -0.4 is 5.32 Å². The van der Waals surface area contributed by atoms with Gasteiger partial charge in [-0.3, -0.25) is 9.69 Å². The molecule has 0 radical (unpaired) electrons. The summed E-state index contributed by atoms with van der Waals surface area (Å²) in [5.41, 5.74) is 0. The topological polar surface area (TPSA) is 56.1 Å². The molecule has 1 aliphatic heterocycles. The van der Waals surface area contributed by atoms with E-state index in [-0.39, 0.29) is 11.9 Å². The lowest BCUT2D eigenvalue weighted by Crippen LogP contribution is -2.36. The lowest BCUT2D eigenvalue weighted by molar-refractivity contribution is -0.120. The van der Waals surface area contributed by atoms with E-state index in [2.05, 4.69) is 16.3 Å².